The monoisotopic (exact) mass is 220 g/mol. The van der Waals surface area contributed by atoms with Crippen LogP contribution in [-0.2, 0) is 0 Å². The van der Waals surface area contributed by atoms with E-state index in [9.17, 15) is 0 Å². The van der Waals surface area contributed by atoms with Crippen molar-refractivity contribution in [2.75, 3.05) is 6.54 Å². The first-order valence-electron chi connectivity index (χ1n) is 6.44. The molecule has 0 aliphatic heterocycles. The average Bonchev–Trinajstić information content (AvgIpc) is 2.29. The number of hydrogen-bond donors (Lipinski definition) is 1. The summed E-state index contributed by atoms with van der Waals surface area (Å²) in [4.78, 5) is 4.62. The second-order valence-corrected chi connectivity index (χ2v) is 4.35. The summed E-state index contributed by atoms with van der Waals surface area (Å²) in [7, 11) is 0. The lowest BCUT2D eigenvalue weighted by Crippen LogP contribution is -2.23. The summed E-state index contributed by atoms with van der Waals surface area (Å²) in [5, 5.41) is 3.59. The van der Waals surface area contributed by atoms with Crippen LogP contribution in [0.15, 0.2) is 18.2 Å². The van der Waals surface area contributed by atoms with Crippen LogP contribution >= 0.6 is 0 Å². The van der Waals surface area contributed by atoms with Gasteiger partial charge in [0.05, 0.1) is 5.69 Å². The Hall–Kier alpha value is -0.890. The van der Waals surface area contributed by atoms with Gasteiger partial charge in [0.25, 0.3) is 0 Å². The number of rotatable bonds is 7. The highest BCUT2D eigenvalue weighted by Gasteiger charge is 2.10. The summed E-state index contributed by atoms with van der Waals surface area (Å²) in [6.07, 6.45) is 4.87. The van der Waals surface area contributed by atoms with E-state index < -0.39 is 0 Å². The highest BCUT2D eigenvalue weighted by atomic mass is 14.9. The van der Waals surface area contributed by atoms with E-state index in [1.807, 2.05) is 0 Å². The lowest BCUT2D eigenvalue weighted by atomic mass is 10.1. The molecule has 0 saturated carbocycles. The van der Waals surface area contributed by atoms with Crippen LogP contribution in [0.25, 0.3) is 0 Å². The first-order valence-corrected chi connectivity index (χ1v) is 6.44. The van der Waals surface area contributed by atoms with Gasteiger partial charge in [0.1, 0.15) is 0 Å². The molecule has 0 aliphatic rings. The molecule has 90 valence electrons. The van der Waals surface area contributed by atoms with E-state index in [0.717, 1.165) is 12.2 Å². The van der Waals surface area contributed by atoms with Gasteiger partial charge in [-0.1, -0.05) is 32.8 Å². The summed E-state index contributed by atoms with van der Waals surface area (Å²) in [5.74, 6) is 0. The zero-order valence-corrected chi connectivity index (χ0v) is 10.8. The Kier molecular flexibility index (Phi) is 6.09. The predicted molar refractivity (Wildman–Crippen MR) is 69.5 cm³/mol. The number of aromatic nitrogens is 1. The highest BCUT2D eigenvalue weighted by molar-refractivity contribution is 5.13. The molecule has 0 amide bonds. The molecule has 1 heterocycles. The third kappa shape index (κ3) is 4.31. The molecule has 0 aromatic carbocycles. The van der Waals surface area contributed by atoms with Crippen molar-refractivity contribution in [1.29, 1.82) is 0 Å². The van der Waals surface area contributed by atoms with Crippen LogP contribution in [-0.4, -0.2) is 11.5 Å². The third-order valence-corrected chi connectivity index (χ3v) is 2.75. The summed E-state index contributed by atoms with van der Waals surface area (Å²) < 4.78 is 0. The minimum Gasteiger partial charge on any atom is -0.309 e. The van der Waals surface area contributed by atoms with Crippen LogP contribution in [0.5, 0.6) is 0 Å². The summed E-state index contributed by atoms with van der Waals surface area (Å²) in [6.45, 7) is 7.57. The van der Waals surface area contributed by atoms with E-state index in [2.05, 4.69) is 49.3 Å². The standard InChI is InChI=1S/C14H24N2/c1-4-6-9-13(15-11-5-2)14-10-7-8-12(3)16-14/h7-8,10,13,15H,4-6,9,11H2,1-3H3. The highest BCUT2D eigenvalue weighted by Crippen LogP contribution is 2.17. The van der Waals surface area contributed by atoms with Crippen molar-refractivity contribution in [3.63, 3.8) is 0 Å². The van der Waals surface area contributed by atoms with Gasteiger partial charge in [0, 0.05) is 11.7 Å². The zero-order valence-electron chi connectivity index (χ0n) is 10.8. The molecule has 0 aliphatic carbocycles. The fourth-order valence-corrected chi connectivity index (χ4v) is 1.84. The van der Waals surface area contributed by atoms with Gasteiger partial charge in [-0.3, -0.25) is 4.98 Å². The van der Waals surface area contributed by atoms with Crippen molar-refractivity contribution in [3.8, 4) is 0 Å². The number of unbranched alkanes of at least 4 members (excludes halogenated alkanes) is 1. The van der Waals surface area contributed by atoms with Gasteiger partial charge in [-0.2, -0.15) is 0 Å². The number of nitrogens with one attached hydrogen (secondary N) is 1. The molecule has 1 rings (SSSR count). The lowest BCUT2D eigenvalue weighted by molar-refractivity contribution is 0.471. The van der Waals surface area contributed by atoms with E-state index in [1.165, 1.54) is 31.4 Å². The van der Waals surface area contributed by atoms with Crippen LogP contribution < -0.4 is 5.32 Å². The normalized spacial score (nSPS) is 12.7. The number of hydrogen-bond acceptors (Lipinski definition) is 2. The molecular formula is C14H24N2. The first-order chi connectivity index (χ1) is 7.77. The zero-order chi connectivity index (χ0) is 11.8. The maximum atomic E-state index is 4.62. The molecule has 0 spiro atoms. The quantitative estimate of drug-likeness (QED) is 0.759. The Morgan fingerprint density at radius 1 is 1.25 bits per heavy atom. The summed E-state index contributed by atoms with van der Waals surface area (Å²) in [6, 6.07) is 6.72. The molecule has 0 bridgehead atoms. The largest absolute Gasteiger partial charge is 0.309 e. The number of aryl methyl sites for hydroxylation is 1. The van der Waals surface area contributed by atoms with Gasteiger partial charge in [-0.15, -0.1) is 0 Å². The maximum absolute atomic E-state index is 4.62. The van der Waals surface area contributed by atoms with Crippen LogP contribution in [0.4, 0.5) is 0 Å². The van der Waals surface area contributed by atoms with Crippen molar-refractivity contribution in [1.82, 2.24) is 10.3 Å². The molecule has 1 N–H and O–H groups in total. The fraction of sp³-hybridized carbons (Fsp3) is 0.643. The lowest BCUT2D eigenvalue weighted by Gasteiger charge is -2.18. The third-order valence-electron chi connectivity index (χ3n) is 2.75. The molecule has 2 heteroatoms. The molecule has 0 radical (unpaired) electrons. The van der Waals surface area contributed by atoms with E-state index in [0.29, 0.717) is 6.04 Å². The second kappa shape index (κ2) is 7.39. The number of nitrogens with zero attached hydrogens (tertiary/aromatic N) is 1. The van der Waals surface area contributed by atoms with E-state index >= 15 is 0 Å². The van der Waals surface area contributed by atoms with E-state index in [1.54, 1.807) is 0 Å². The van der Waals surface area contributed by atoms with Gasteiger partial charge in [0.15, 0.2) is 0 Å². The number of pyridine rings is 1. The molecule has 1 aromatic heterocycles. The Bertz CT molecular complexity index is 289. The van der Waals surface area contributed by atoms with E-state index in [-0.39, 0.29) is 0 Å². The Labute approximate surface area is 99.5 Å². The molecule has 1 atom stereocenters. The van der Waals surface area contributed by atoms with E-state index in [4.69, 9.17) is 0 Å². The first kappa shape index (κ1) is 13.2. The van der Waals surface area contributed by atoms with Crippen molar-refractivity contribution < 1.29 is 0 Å². The topological polar surface area (TPSA) is 24.9 Å². The molecular weight excluding hydrogens is 196 g/mol. The van der Waals surface area contributed by atoms with Crippen LogP contribution in [0.2, 0.25) is 0 Å². The van der Waals surface area contributed by atoms with Gasteiger partial charge < -0.3 is 5.32 Å². The average molecular weight is 220 g/mol. The summed E-state index contributed by atoms with van der Waals surface area (Å²) >= 11 is 0. The smallest absolute Gasteiger partial charge is 0.0576 e. The van der Waals surface area contributed by atoms with Crippen LogP contribution in [0.1, 0.15) is 57.0 Å². The molecule has 0 saturated heterocycles. The van der Waals surface area contributed by atoms with Crippen LogP contribution in [0.3, 0.4) is 0 Å². The summed E-state index contributed by atoms with van der Waals surface area (Å²) in [5.41, 5.74) is 2.30. The van der Waals surface area contributed by atoms with Gasteiger partial charge >= 0.3 is 0 Å². The molecule has 16 heavy (non-hydrogen) atoms. The molecule has 0 fully saturated rings. The fourth-order valence-electron chi connectivity index (χ4n) is 1.84. The Morgan fingerprint density at radius 2 is 2.06 bits per heavy atom. The van der Waals surface area contributed by atoms with Gasteiger partial charge in [-0.25, -0.2) is 0 Å². The Balaban J connectivity index is 2.66. The van der Waals surface area contributed by atoms with Gasteiger partial charge in [-0.05, 0) is 38.4 Å². The minimum atomic E-state index is 0.430. The van der Waals surface area contributed by atoms with Crippen LogP contribution in [0, 0.1) is 6.92 Å². The van der Waals surface area contributed by atoms with Crippen molar-refractivity contribution >= 4 is 0 Å². The molecule has 2 nitrogen and oxygen atoms in total. The van der Waals surface area contributed by atoms with Crippen molar-refractivity contribution in [2.45, 2.75) is 52.5 Å². The van der Waals surface area contributed by atoms with Crippen molar-refractivity contribution in [3.05, 3.63) is 29.6 Å². The SMILES string of the molecule is CCCCC(NCCC)c1cccc(C)n1. The van der Waals surface area contributed by atoms with Crippen molar-refractivity contribution in [2.24, 2.45) is 0 Å². The molecule has 1 unspecified atom stereocenters. The maximum Gasteiger partial charge on any atom is 0.0576 e. The molecule has 1 aromatic rings. The second-order valence-electron chi connectivity index (χ2n) is 4.35. The minimum absolute atomic E-state index is 0.430. The predicted octanol–water partition coefficient (Wildman–Crippen LogP) is 3.62. The Morgan fingerprint density at radius 3 is 2.69 bits per heavy atom. The van der Waals surface area contributed by atoms with Gasteiger partial charge in [0.2, 0.25) is 0 Å².